The van der Waals surface area contributed by atoms with E-state index in [1.807, 2.05) is 38.1 Å². The third kappa shape index (κ3) is 3.57. The lowest BCUT2D eigenvalue weighted by Crippen LogP contribution is -2.23. The highest BCUT2D eigenvalue weighted by molar-refractivity contribution is 5.69. The zero-order valence-electron chi connectivity index (χ0n) is 9.93. The fourth-order valence-corrected chi connectivity index (χ4v) is 1.25. The van der Waals surface area contributed by atoms with Crippen molar-refractivity contribution >= 4 is 5.97 Å². The van der Waals surface area contributed by atoms with Gasteiger partial charge in [0.25, 0.3) is 0 Å². The van der Waals surface area contributed by atoms with E-state index in [2.05, 4.69) is 0 Å². The summed E-state index contributed by atoms with van der Waals surface area (Å²) in [6.07, 6.45) is 0. The second-order valence-corrected chi connectivity index (χ2v) is 4.23. The van der Waals surface area contributed by atoms with Gasteiger partial charge in [-0.15, -0.1) is 0 Å². The Morgan fingerprint density at radius 3 is 2.38 bits per heavy atom. The maximum absolute atomic E-state index is 10.7. The van der Waals surface area contributed by atoms with Crippen LogP contribution >= 0.6 is 0 Å². The molecule has 1 N–H and O–H groups in total. The van der Waals surface area contributed by atoms with Gasteiger partial charge in [-0.25, -0.2) is 0 Å². The molecule has 2 unspecified atom stereocenters. The van der Waals surface area contributed by atoms with Gasteiger partial charge in [0.05, 0.1) is 12.5 Å². The maximum Gasteiger partial charge on any atom is 0.306 e. The largest absolute Gasteiger partial charge is 0.493 e. The molecule has 0 bridgehead atoms. The molecule has 0 aliphatic heterocycles. The molecule has 0 saturated carbocycles. The molecule has 0 radical (unpaired) electrons. The van der Waals surface area contributed by atoms with Gasteiger partial charge in [-0.2, -0.15) is 0 Å². The van der Waals surface area contributed by atoms with Crippen LogP contribution in [0.2, 0.25) is 0 Å². The molecule has 88 valence electrons. The minimum absolute atomic E-state index is 0.00111. The zero-order chi connectivity index (χ0) is 12.1. The normalized spacial score (nSPS) is 14.2. The van der Waals surface area contributed by atoms with Gasteiger partial charge >= 0.3 is 5.97 Å². The van der Waals surface area contributed by atoms with Gasteiger partial charge in [-0.05, 0) is 19.1 Å². The molecule has 0 saturated heterocycles. The molecule has 0 spiro atoms. The van der Waals surface area contributed by atoms with Crippen LogP contribution in [-0.4, -0.2) is 17.7 Å². The summed E-state index contributed by atoms with van der Waals surface area (Å²) in [6, 6.07) is 7.74. The second kappa shape index (κ2) is 5.54. The van der Waals surface area contributed by atoms with Crippen molar-refractivity contribution in [1.82, 2.24) is 0 Å². The number of aryl methyl sites for hydroxylation is 1. The van der Waals surface area contributed by atoms with E-state index in [0.717, 1.165) is 5.75 Å². The van der Waals surface area contributed by atoms with E-state index in [1.54, 1.807) is 6.92 Å². The zero-order valence-corrected chi connectivity index (χ0v) is 9.93. The van der Waals surface area contributed by atoms with Crippen LogP contribution in [0, 0.1) is 18.8 Å². The van der Waals surface area contributed by atoms with Gasteiger partial charge in [-0.1, -0.05) is 31.5 Å². The lowest BCUT2D eigenvalue weighted by atomic mass is 9.97. The molecule has 1 aromatic rings. The highest BCUT2D eigenvalue weighted by Crippen LogP contribution is 2.16. The molecule has 3 nitrogen and oxygen atoms in total. The number of rotatable bonds is 5. The van der Waals surface area contributed by atoms with E-state index in [-0.39, 0.29) is 11.8 Å². The summed E-state index contributed by atoms with van der Waals surface area (Å²) in [7, 11) is 0. The number of hydrogen-bond donors (Lipinski definition) is 1. The number of aliphatic carboxylic acids is 1. The lowest BCUT2D eigenvalue weighted by Gasteiger charge is -2.16. The van der Waals surface area contributed by atoms with Gasteiger partial charge in [0.1, 0.15) is 5.75 Å². The third-order valence-electron chi connectivity index (χ3n) is 2.78. The molecule has 0 heterocycles. The maximum atomic E-state index is 10.7. The van der Waals surface area contributed by atoms with Crippen molar-refractivity contribution in [2.24, 2.45) is 11.8 Å². The van der Waals surface area contributed by atoms with E-state index < -0.39 is 5.97 Å². The first-order valence-electron chi connectivity index (χ1n) is 5.43. The molecule has 3 heteroatoms. The Morgan fingerprint density at radius 2 is 1.88 bits per heavy atom. The van der Waals surface area contributed by atoms with Gasteiger partial charge in [0.2, 0.25) is 0 Å². The molecular formula is C13H18O3. The SMILES string of the molecule is Cc1ccc(OCC(C)C(C)C(=O)O)cc1. The molecule has 1 rings (SSSR count). The molecule has 0 amide bonds. The number of hydrogen-bond acceptors (Lipinski definition) is 2. The Morgan fingerprint density at radius 1 is 1.31 bits per heavy atom. The standard InChI is InChI=1S/C13H18O3/c1-9-4-6-12(7-5-9)16-8-10(2)11(3)13(14)15/h4-7,10-11H,8H2,1-3H3,(H,14,15). The summed E-state index contributed by atoms with van der Waals surface area (Å²) in [5.41, 5.74) is 1.18. The summed E-state index contributed by atoms with van der Waals surface area (Å²) >= 11 is 0. The Labute approximate surface area is 96.1 Å². The highest BCUT2D eigenvalue weighted by Gasteiger charge is 2.19. The van der Waals surface area contributed by atoms with Crippen molar-refractivity contribution in [2.75, 3.05) is 6.61 Å². The van der Waals surface area contributed by atoms with Gasteiger partial charge in [-0.3, -0.25) is 4.79 Å². The average molecular weight is 222 g/mol. The number of carboxylic acids is 1. The van der Waals surface area contributed by atoms with Crippen molar-refractivity contribution in [2.45, 2.75) is 20.8 Å². The fraction of sp³-hybridized carbons (Fsp3) is 0.462. The summed E-state index contributed by atoms with van der Waals surface area (Å²) in [6.45, 7) is 6.02. The minimum atomic E-state index is -0.778. The van der Waals surface area contributed by atoms with Gasteiger partial charge in [0.15, 0.2) is 0 Å². The van der Waals surface area contributed by atoms with Crippen LogP contribution < -0.4 is 4.74 Å². The lowest BCUT2D eigenvalue weighted by molar-refractivity contribution is -0.143. The van der Waals surface area contributed by atoms with Crippen LogP contribution in [0.3, 0.4) is 0 Å². The molecule has 2 atom stereocenters. The van der Waals surface area contributed by atoms with Crippen LogP contribution in [-0.2, 0) is 4.79 Å². The summed E-state index contributed by atoms with van der Waals surface area (Å²) in [5, 5.41) is 8.83. The van der Waals surface area contributed by atoms with Gasteiger partial charge < -0.3 is 9.84 Å². The third-order valence-corrected chi connectivity index (χ3v) is 2.78. The van der Waals surface area contributed by atoms with Crippen LogP contribution in [0.15, 0.2) is 24.3 Å². The molecule has 0 aliphatic carbocycles. The minimum Gasteiger partial charge on any atom is -0.493 e. The Balaban J connectivity index is 2.45. The predicted octanol–water partition coefficient (Wildman–Crippen LogP) is 2.73. The number of carboxylic acid groups (broad SMARTS) is 1. The second-order valence-electron chi connectivity index (χ2n) is 4.23. The van der Waals surface area contributed by atoms with Crippen LogP contribution in [0.25, 0.3) is 0 Å². The molecule has 0 fully saturated rings. The first kappa shape index (κ1) is 12.6. The van der Waals surface area contributed by atoms with Crippen molar-refractivity contribution in [1.29, 1.82) is 0 Å². The first-order valence-corrected chi connectivity index (χ1v) is 5.43. The topological polar surface area (TPSA) is 46.5 Å². The van der Waals surface area contributed by atoms with Crippen molar-refractivity contribution in [3.05, 3.63) is 29.8 Å². The quantitative estimate of drug-likeness (QED) is 0.833. The Kier molecular flexibility index (Phi) is 4.35. The summed E-state index contributed by atoms with van der Waals surface area (Å²) in [4.78, 5) is 10.7. The van der Waals surface area contributed by atoms with Gasteiger partial charge in [0, 0.05) is 5.92 Å². The monoisotopic (exact) mass is 222 g/mol. The Bertz CT molecular complexity index is 343. The van der Waals surface area contributed by atoms with E-state index in [1.165, 1.54) is 5.56 Å². The van der Waals surface area contributed by atoms with E-state index in [4.69, 9.17) is 9.84 Å². The average Bonchev–Trinajstić information content (AvgIpc) is 2.26. The first-order chi connectivity index (χ1) is 7.50. The predicted molar refractivity (Wildman–Crippen MR) is 62.6 cm³/mol. The Hall–Kier alpha value is -1.51. The van der Waals surface area contributed by atoms with E-state index in [9.17, 15) is 4.79 Å². The molecule has 0 aliphatic rings. The van der Waals surface area contributed by atoms with Crippen LogP contribution in [0.5, 0.6) is 5.75 Å². The fourth-order valence-electron chi connectivity index (χ4n) is 1.25. The number of carbonyl (C=O) groups is 1. The van der Waals surface area contributed by atoms with Crippen molar-refractivity contribution < 1.29 is 14.6 Å². The summed E-state index contributed by atoms with van der Waals surface area (Å²) < 4.78 is 5.53. The van der Waals surface area contributed by atoms with Crippen molar-refractivity contribution in [3.8, 4) is 5.75 Å². The van der Waals surface area contributed by atoms with Crippen molar-refractivity contribution in [3.63, 3.8) is 0 Å². The number of benzene rings is 1. The van der Waals surface area contributed by atoms with Crippen LogP contribution in [0.1, 0.15) is 19.4 Å². The van der Waals surface area contributed by atoms with E-state index >= 15 is 0 Å². The highest BCUT2D eigenvalue weighted by atomic mass is 16.5. The summed E-state index contributed by atoms with van der Waals surface area (Å²) in [5.74, 6) is -0.376. The number of ether oxygens (including phenoxy) is 1. The smallest absolute Gasteiger partial charge is 0.306 e. The molecule has 16 heavy (non-hydrogen) atoms. The molecular weight excluding hydrogens is 204 g/mol. The van der Waals surface area contributed by atoms with E-state index in [0.29, 0.717) is 6.61 Å². The molecule has 1 aromatic carbocycles. The molecule has 0 aromatic heterocycles. The van der Waals surface area contributed by atoms with Crippen LogP contribution in [0.4, 0.5) is 0 Å².